The Bertz CT molecular complexity index is 498. The molecule has 0 atom stereocenters. The molecule has 2 N–H and O–H groups in total. The van der Waals surface area contributed by atoms with E-state index in [2.05, 4.69) is 22.8 Å². The Balaban J connectivity index is 1.32. The summed E-state index contributed by atoms with van der Waals surface area (Å²) in [4.78, 5) is 11.8. The van der Waals surface area contributed by atoms with E-state index < -0.39 is 0 Å². The Labute approximate surface area is 126 Å². The highest BCUT2D eigenvalue weighted by Gasteiger charge is 2.20. The minimum atomic E-state index is -0.130. The summed E-state index contributed by atoms with van der Waals surface area (Å²) in [6, 6.07) is 6.09. The zero-order valence-corrected chi connectivity index (χ0v) is 12.5. The van der Waals surface area contributed by atoms with Crippen molar-refractivity contribution in [2.45, 2.75) is 38.5 Å². The molecule has 0 aliphatic heterocycles. The highest BCUT2D eigenvalue weighted by atomic mass is 16.5. The Morgan fingerprint density at radius 2 is 2.10 bits per heavy atom. The van der Waals surface area contributed by atoms with E-state index in [-0.39, 0.29) is 6.03 Å². The Morgan fingerprint density at radius 3 is 2.95 bits per heavy atom. The van der Waals surface area contributed by atoms with Crippen LogP contribution in [-0.2, 0) is 17.6 Å². The van der Waals surface area contributed by atoms with Crippen molar-refractivity contribution in [1.82, 2.24) is 5.32 Å². The first-order valence-corrected chi connectivity index (χ1v) is 8.05. The van der Waals surface area contributed by atoms with Crippen LogP contribution in [0.15, 0.2) is 18.2 Å². The van der Waals surface area contributed by atoms with Crippen LogP contribution >= 0.6 is 0 Å². The van der Waals surface area contributed by atoms with Gasteiger partial charge in [0.15, 0.2) is 0 Å². The maximum atomic E-state index is 11.8. The van der Waals surface area contributed by atoms with Crippen molar-refractivity contribution < 1.29 is 9.53 Å². The monoisotopic (exact) mass is 288 g/mol. The molecule has 1 fully saturated rings. The first-order valence-electron chi connectivity index (χ1n) is 8.05. The number of ether oxygens (including phenoxy) is 1. The minimum Gasteiger partial charge on any atom is -0.381 e. The summed E-state index contributed by atoms with van der Waals surface area (Å²) in [5, 5.41) is 5.77. The van der Waals surface area contributed by atoms with Gasteiger partial charge in [-0.15, -0.1) is 0 Å². The van der Waals surface area contributed by atoms with Crippen LogP contribution in [0.4, 0.5) is 10.5 Å². The van der Waals surface area contributed by atoms with Crippen LogP contribution in [0.3, 0.4) is 0 Å². The fourth-order valence-electron chi connectivity index (χ4n) is 2.74. The predicted octanol–water partition coefficient (Wildman–Crippen LogP) is 3.11. The average molecular weight is 288 g/mol. The maximum absolute atomic E-state index is 11.8. The van der Waals surface area contributed by atoms with Crippen LogP contribution < -0.4 is 10.6 Å². The van der Waals surface area contributed by atoms with Crippen LogP contribution in [0.1, 0.15) is 36.8 Å². The van der Waals surface area contributed by atoms with Gasteiger partial charge >= 0.3 is 6.03 Å². The first-order chi connectivity index (χ1) is 10.3. The number of fused-ring (bicyclic) bond motifs is 1. The maximum Gasteiger partial charge on any atom is 0.319 e. The van der Waals surface area contributed by atoms with Gasteiger partial charge < -0.3 is 15.4 Å². The predicted molar refractivity (Wildman–Crippen MR) is 83.6 cm³/mol. The molecule has 0 spiro atoms. The smallest absolute Gasteiger partial charge is 0.319 e. The largest absolute Gasteiger partial charge is 0.381 e. The van der Waals surface area contributed by atoms with Crippen molar-refractivity contribution in [3.8, 4) is 0 Å². The van der Waals surface area contributed by atoms with Gasteiger partial charge in [0.2, 0.25) is 0 Å². The molecular formula is C17H24N2O2. The topological polar surface area (TPSA) is 50.4 Å². The number of aryl methyl sites for hydroxylation is 2. The summed E-state index contributed by atoms with van der Waals surface area (Å²) >= 11 is 0. The van der Waals surface area contributed by atoms with Crippen LogP contribution in [0.2, 0.25) is 0 Å². The van der Waals surface area contributed by atoms with Gasteiger partial charge in [0.05, 0.1) is 0 Å². The van der Waals surface area contributed by atoms with Crippen LogP contribution in [0, 0.1) is 5.92 Å². The number of carbonyl (C=O) groups is 1. The molecule has 2 amide bonds. The third-order valence-electron chi connectivity index (χ3n) is 4.16. The van der Waals surface area contributed by atoms with E-state index in [9.17, 15) is 4.79 Å². The zero-order valence-electron chi connectivity index (χ0n) is 12.5. The summed E-state index contributed by atoms with van der Waals surface area (Å²) in [6.45, 7) is 2.28. The van der Waals surface area contributed by atoms with Crippen LogP contribution in [-0.4, -0.2) is 25.8 Å². The lowest BCUT2D eigenvalue weighted by Gasteiger charge is -2.09. The quantitative estimate of drug-likeness (QED) is 0.757. The molecule has 0 radical (unpaired) electrons. The summed E-state index contributed by atoms with van der Waals surface area (Å²) in [5.41, 5.74) is 3.69. The van der Waals surface area contributed by atoms with Crippen molar-refractivity contribution in [2.24, 2.45) is 5.92 Å². The minimum absolute atomic E-state index is 0.130. The third kappa shape index (κ3) is 4.46. The van der Waals surface area contributed by atoms with Gasteiger partial charge in [0, 0.05) is 25.4 Å². The fourth-order valence-corrected chi connectivity index (χ4v) is 2.74. The molecule has 0 bridgehead atoms. The van der Waals surface area contributed by atoms with Crippen molar-refractivity contribution in [3.05, 3.63) is 29.3 Å². The highest BCUT2D eigenvalue weighted by Crippen LogP contribution is 2.28. The molecule has 1 saturated carbocycles. The van der Waals surface area contributed by atoms with Gasteiger partial charge in [-0.05, 0) is 67.7 Å². The van der Waals surface area contributed by atoms with Gasteiger partial charge in [-0.2, -0.15) is 0 Å². The molecule has 1 aromatic carbocycles. The molecule has 0 unspecified atom stereocenters. The summed E-state index contributed by atoms with van der Waals surface area (Å²) < 4.78 is 5.54. The van der Waals surface area contributed by atoms with Gasteiger partial charge in [0.25, 0.3) is 0 Å². The molecule has 2 aliphatic carbocycles. The van der Waals surface area contributed by atoms with Gasteiger partial charge in [-0.25, -0.2) is 4.79 Å². The summed E-state index contributed by atoms with van der Waals surface area (Å²) in [7, 11) is 0. The number of hydrogen-bond donors (Lipinski definition) is 2. The van der Waals surface area contributed by atoms with E-state index in [0.29, 0.717) is 6.54 Å². The van der Waals surface area contributed by atoms with E-state index in [0.717, 1.165) is 37.7 Å². The molecule has 3 rings (SSSR count). The number of rotatable bonds is 7. The normalized spacial score (nSPS) is 16.6. The zero-order chi connectivity index (χ0) is 14.5. The van der Waals surface area contributed by atoms with E-state index >= 15 is 0 Å². The van der Waals surface area contributed by atoms with Crippen molar-refractivity contribution >= 4 is 11.7 Å². The van der Waals surface area contributed by atoms with Gasteiger partial charge in [-0.1, -0.05) is 6.07 Å². The lowest BCUT2D eigenvalue weighted by atomic mass is 10.1. The summed E-state index contributed by atoms with van der Waals surface area (Å²) in [6.07, 6.45) is 7.03. The Hall–Kier alpha value is -1.55. The summed E-state index contributed by atoms with van der Waals surface area (Å²) in [5.74, 6) is 0.807. The fraction of sp³-hybridized carbons (Fsp3) is 0.588. The van der Waals surface area contributed by atoms with Crippen LogP contribution in [0.5, 0.6) is 0 Å². The number of carbonyl (C=O) groups excluding carboxylic acids is 1. The molecule has 4 nitrogen and oxygen atoms in total. The number of anilines is 1. The van der Waals surface area contributed by atoms with Crippen molar-refractivity contribution in [2.75, 3.05) is 25.1 Å². The molecule has 0 saturated heterocycles. The Morgan fingerprint density at radius 1 is 1.24 bits per heavy atom. The van der Waals surface area contributed by atoms with Gasteiger partial charge in [-0.3, -0.25) is 0 Å². The molecule has 114 valence electrons. The van der Waals surface area contributed by atoms with E-state index in [1.165, 1.54) is 36.8 Å². The van der Waals surface area contributed by atoms with E-state index in [1.807, 2.05) is 6.07 Å². The molecule has 1 aromatic rings. The van der Waals surface area contributed by atoms with E-state index in [1.54, 1.807) is 0 Å². The lowest BCUT2D eigenvalue weighted by Crippen LogP contribution is -2.30. The number of urea groups is 1. The second-order valence-corrected chi connectivity index (χ2v) is 6.09. The third-order valence-corrected chi connectivity index (χ3v) is 4.16. The highest BCUT2D eigenvalue weighted by molar-refractivity contribution is 5.89. The van der Waals surface area contributed by atoms with Crippen molar-refractivity contribution in [3.63, 3.8) is 0 Å². The number of benzene rings is 1. The SMILES string of the molecule is O=C(NCCCOCC1CC1)Nc1ccc2c(c1)CCC2. The number of nitrogens with one attached hydrogen (secondary N) is 2. The number of hydrogen-bond acceptors (Lipinski definition) is 2. The van der Waals surface area contributed by atoms with Crippen LogP contribution in [0.25, 0.3) is 0 Å². The molecule has 0 aromatic heterocycles. The Kier molecular flexibility index (Phi) is 4.76. The second-order valence-electron chi connectivity index (χ2n) is 6.09. The average Bonchev–Trinajstić information content (AvgIpc) is 3.18. The van der Waals surface area contributed by atoms with Crippen molar-refractivity contribution in [1.29, 1.82) is 0 Å². The lowest BCUT2D eigenvalue weighted by molar-refractivity contribution is 0.122. The number of amides is 2. The standard InChI is InChI=1S/C17H24N2O2/c20-17(18-9-2-10-21-12-13-5-6-13)19-16-8-7-14-3-1-4-15(14)11-16/h7-8,11,13H,1-6,9-10,12H2,(H2,18,19,20). The molecule has 2 aliphatic rings. The molecule has 4 heteroatoms. The second kappa shape index (κ2) is 6.94. The molecule has 21 heavy (non-hydrogen) atoms. The molecular weight excluding hydrogens is 264 g/mol. The molecule has 0 heterocycles. The van der Waals surface area contributed by atoms with Gasteiger partial charge in [0.1, 0.15) is 0 Å². The first kappa shape index (κ1) is 14.4. The van der Waals surface area contributed by atoms with E-state index in [4.69, 9.17) is 4.74 Å².